The van der Waals surface area contributed by atoms with Crippen molar-refractivity contribution in [1.29, 1.82) is 0 Å². The predicted octanol–water partition coefficient (Wildman–Crippen LogP) is 2.74. The Morgan fingerprint density at radius 1 is 1.20 bits per heavy atom. The molecule has 154 valence electrons. The van der Waals surface area contributed by atoms with Gasteiger partial charge in [-0.05, 0) is 36.6 Å². The SMILES string of the molecule is COc1cccc2c1CC[C@@H]1[C@H]2OCCN1c1nc(-c2ccncc2)cc(=O)n1C. The Labute approximate surface area is 174 Å². The van der Waals surface area contributed by atoms with Crippen molar-refractivity contribution in [1.82, 2.24) is 14.5 Å². The topological polar surface area (TPSA) is 69.5 Å². The number of ether oxygens (including phenoxy) is 2. The van der Waals surface area contributed by atoms with Gasteiger partial charge in [-0.2, -0.15) is 0 Å². The molecule has 1 aliphatic heterocycles. The average molecular weight is 404 g/mol. The maximum Gasteiger partial charge on any atom is 0.255 e. The van der Waals surface area contributed by atoms with Gasteiger partial charge >= 0.3 is 0 Å². The number of pyridine rings is 1. The number of hydrogen-bond acceptors (Lipinski definition) is 6. The zero-order chi connectivity index (χ0) is 20.7. The largest absolute Gasteiger partial charge is 0.496 e. The Hall–Kier alpha value is -3.19. The van der Waals surface area contributed by atoms with Crippen molar-refractivity contribution in [3.05, 3.63) is 70.3 Å². The highest BCUT2D eigenvalue weighted by molar-refractivity contribution is 5.60. The summed E-state index contributed by atoms with van der Waals surface area (Å²) in [6.07, 6.45) is 5.17. The van der Waals surface area contributed by atoms with E-state index in [-0.39, 0.29) is 17.7 Å². The molecule has 3 aromatic rings. The van der Waals surface area contributed by atoms with E-state index in [0.717, 1.165) is 24.2 Å². The van der Waals surface area contributed by atoms with Gasteiger partial charge in [0.1, 0.15) is 11.9 Å². The first kappa shape index (κ1) is 18.8. The third-order valence-corrected chi connectivity index (χ3v) is 6.11. The molecule has 0 unspecified atom stereocenters. The third kappa shape index (κ3) is 3.06. The molecule has 2 aromatic heterocycles. The van der Waals surface area contributed by atoms with E-state index in [0.29, 0.717) is 24.8 Å². The summed E-state index contributed by atoms with van der Waals surface area (Å²) in [5.74, 6) is 1.59. The van der Waals surface area contributed by atoms with E-state index < -0.39 is 0 Å². The number of anilines is 1. The van der Waals surface area contributed by atoms with Crippen LogP contribution in [-0.2, 0) is 18.2 Å². The van der Waals surface area contributed by atoms with Crippen LogP contribution in [0.4, 0.5) is 5.95 Å². The molecule has 2 aliphatic rings. The lowest BCUT2D eigenvalue weighted by atomic mass is 9.83. The molecule has 30 heavy (non-hydrogen) atoms. The van der Waals surface area contributed by atoms with Crippen LogP contribution >= 0.6 is 0 Å². The van der Waals surface area contributed by atoms with Crippen LogP contribution < -0.4 is 15.2 Å². The lowest BCUT2D eigenvalue weighted by Gasteiger charge is -2.45. The van der Waals surface area contributed by atoms with E-state index in [2.05, 4.69) is 16.0 Å². The van der Waals surface area contributed by atoms with Gasteiger partial charge in [-0.3, -0.25) is 14.3 Å². The van der Waals surface area contributed by atoms with Crippen LogP contribution in [0.25, 0.3) is 11.3 Å². The number of fused-ring (bicyclic) bond motifs is 3. The van der Waals surface area contributed by atoms with E-state index in [4.69, 9.17) is 14.5 Å². The lowest BCUT2D eigenvalue weighted by Crippen LogP contribution is -2.51. The van der Waals surface area contributed by atoms with Gasteiger partial charge in [0, 0.05) is 43.2 Å². The Balaban J connectivity index is 1.57. The van der Waals surface area contributed by atoms with Crippen LogP contribution in [0.2, 0.25) is 0 Å². The van der Waals surface area contributed by atoms with Crippen molar-refractivity contribution < 1.29 is 9.47 Å². The summed E-state index contributed by atoms with van der Waals surface area (Å²) in [4.78, 5) is 23.9. The Morgan fingerprint density at radius 2 is 2.03 bits per heavy atom. The zero-order valence-corrected chi connectivity index (χ0v) is 17.1. The summed E-state index contributed by atoms with van der Waals surface area (Å²) in [6, 6.07) is 11.6. The van der Waals surface area contributed by atoms with Crippen LogP contribution in [0.15, 0.2) is 53.6 Å². The molecule has 1 aromatic carbocycles. The third-order valence-electron chi connectivity index (χ3n) is 6.11. The minimum atomic E-state index is -0.0762. The number of hydrogen-bond donors (Lipinski definition) is 0. The molecule has 0 bridgehead atoms. The molecule has 0 amide bonds. The van der Waals surface area contributed by atoms with Crippen molar-refractivity contribution >= 4 is 5.95 Å². The van der Waals surface area contributed by atoms with E-state index in [1.54, 1.807) is 37.2 Å². The first-order valence-corrected chi connectivity index (χ1v) is 10.2. The van der Waals surface area contributed by atoms with Crippen LogP contribution in [-0.4, -0.2) is 40.8 Å². The Kier molecular flexibility index (Phi) is 4.75. The second-order valence-electron chi connectivity index (χ2n) is 7.69. The average Bonchev–Trinajstić information content (AvgIpc) is 2.80. The molecular weight excluding hydrogens is 380 g/mol. The van der Waals surface area contributed by atoms with Gasteiger partial charge in [0.05, 0.1) is 25.5 Å². The molecule has 7 heteroatoms. The van der Waals surface area contributed by atoms with Gasteiger partial charge in [-0.25, -0.2) is 4.98 Å². The standard InChI is InChI=1S/C23H24N4O3/c1-26-21(28)14-18(15-8-10-24-11-9-15)25-23(26)27-12-13-30-22-17-4-3-5-20(29-2)16(17)6-7-19(22)27/h3-5,8-11,14,19,22H,6-7,12-13H2,1-2H3/t19-,22+/m1/s1. The van der Waals surface area contributed by atoms with Crippen molar-refractivity contribution in [3.8, 4) is 17.0 Å². The summed E-state index contributed by atoms with van der Waals surface area (Å²) in [5.41, 5.74) is 3.86. The molecule has 0 saturated carbocycles. The van der Waals surface area contributed by atoms with Gasteiger partial charge in [0.2, 0.25) is 5.95 Å². The van der Waals surface area contributed by atoms with E-state index >= 15 is 0 Å². The highest BCUT2D eigenvalue weighted by Crippen LogP contribution is 2.42. The smallest absolute Gasteiger partial charge is 0.255 e. The minimum absolute atomic E-state index is 0.0703. The van der Waals surface area contributed by atoms with Crippen molar-refractivity contribution in [2.75, 3.05) is 25.2 Å². The molecule has 1 aliphatic carbocycles. The number of benzene rings is 1. The molecule has 2 atom stereocenters. The highest BCUT2D eigenvalue weighted by Gasteiger charge is 2.39. The molecule has 5 rings (SSSR count). The van der Waals surface area contributed by atoms with E-state index in [1.165, 1.54) is 11.1 Å². The van der Waals surface area contributed by atoms with Crippen LogP contribution in [0.3, 0.4) is 0 Å². The predicted molar refractivity (Wildman–Crippen MR) is 114 cm³/mol. The molecule has 3 heterocycles. The Morgan fingerprint density at radius 3 is 2.83 bits per heavy atom. The monoisotopic (exact) mass is 404 g/mol. The van der Waals surface area contributed by atoms with Crippen LogP contribution in [0.1, 0.15) is 23.7 Å². The quantitative estimate of drug-likeness (QED) is 0.669. The molecular formula is C23H24N4O3. The normalized spacial score (nSPS) is 20.4. The number of methoxy groups -OCH3 is 1. The number of aromatic nitrogens is 3. The van der Waals surface area contributed by atoms with Gasteiger partial charge in [0.15, 0.2) is 0 Å². The fraction of sp³-hybridized carbons (Fsp3) is 0.348. The number of morpholine rings is 1. The summed E-state index contributed by atoms with van der Waals surface area (Å²) < 4.78 is 13.4. The van der Waals surface area contributed by atoms with Crippen LogP contribution in [0, 0.1) is 0 Å². The maximum absolute atomic E-state index is 12.8. The minimum Gasteiger partial charge on any atom is -0.496 e. The maximum atomic E-state index is 12.8. The number of nitrogens with zero attached hydrogens (tertiary/aromatic N) is 4. The fourth-order valence-electron chi connectivity index (χ4n) is 4.63. The second-order valence-corrected chi connectivity index (χ2v) is 7.69. The highest BCUT2D eigenvalue weighted by atomic mass is 16.5. The summed E-state index contributed by atoms with van der Waals surface area (Å²) in [6.45, 7) is 1.27. The lowest BCUT2D eigenvalue weighted by molar-refractivity contribution is 0.00148. The first-order valence-electron chi connectivity index (χ1n) is 10.2. The van der Waals surface area contributed by atoms with Crippen molar-refractivity contribution in [3.63, 3.8) is 0 Å². The second kappa shape index (κ2) is 7.57. The first-order chi connectivity index (χ1) is 14.7. The van der Waals surface area contributed by atoms with Gasteiger partial charge in [0.25, 0.3) is 5.56 Å². The van der Waals surface area contributed by atoms with Crippen molar-refractivity contribution in [2.45, 2.75) is 25.0 Å². The van der Waals surface area contributed by atoms with Gasteiger partial charge in [-0.1, -0.05) is 12.1 Å². The number of rotatable bonds is 3. The molecule has 7 nitrogen and oxygen atoms in total. The molecule has 1 fully saturated rings. The fourth-order valence-corrected chi connectivity index (χ4v) is 4.63. The van der Waals surface area contributed by atoms with Crippen LogP contribution in [0.5, 0.6) is 5.75 Å². The van der Waals surface area contributed by atoms with E-state index in [1.807, 2.05) is 24.3 Å². The molecule has 0 radical (unpaired) electrons. The zero-order valence-electron chi connectivity index (χ0n) is 17.1. The van der Waals surface area contributed by atoms with E-state index in [9.17, 15) is 4.79 Å². The molecule has 1 saturated heterocycles. The van der Waals surface area contributed by atoms with Gasteiger partial charge < -0.3 is 14.4 Å². The summed E-state index contributed by atoms with van der Waals surface area (Å²) in [7, 11) is 3.49. The molecule has 0 N–H and O–H groups in total. The van der Waals surface area contributed by atoms with Crippen molar-refractivity contribution in [2.24, 2.45) is 7.05 Å². The summed E-state index contributed by atoms with van der Waals surface area (Å²) in [5, 5.41) is 0. The summed E-state index contributed by atoms with van der Waals surface area (Å²) >= 11 is 0. The van der Waals surface area contributed by atoms with Gasteiger partial charge in [-0.15, -0.1) is 0 Å². The molecule has 0 spiro atoms. The Bertz CT molecular complexity index is 1130.